The fraction of sp³-hybridized carbons (Fsp3) is 0.167. The van der Waals surface area contributed by atoms with Gasteiger partial charge in [0.15, 0.2) is 17.4 Å². The molecule has 0 saturated carbocycles. The van der Waals surface area contributed by atoms with Gasteiger partial charge < -0.3 is 10.5 Å². The molecule has 4 nitrogen and oxygen atoms in total. The minimum Gasteiger partial charge on any atom is -0.491 e. The van der Waals surface area contributed by atoms with Crippen molar-refractivity contribution < 1.29 is 4.74 Å². The van der Waals surface area contributed by atoms with Crippen molar-refractivity contribution in [3.63, 3.8) is 0 Å². The second kappa shape index (κ2) is 4.18. The molecule has 0 fully saturated rings. The Hall–Kier alpha value is -2.10. The molecule has 0 bridgehead atoms. The Kier molecular flexibility index (Phi) is 2.72. The van der Waals surface area contributed by atoms with Crippen molar-refractivity contribution >= 4 is 5.82 Å². The Bertz CT molecular complexity index is 511. The smallest absolute Gasteiger partial charge is 0.179 e. The molecule has 2 aromatic rings. The molecule has 0 aliphatic heterocycles. The van der Waals surface area contributed by atoms with Gasteiger partial charge in [0.05, 0.1) is 13.3 Å². The Morgan fingerprint density at radius 1 is 1.25 bits per heavy atom. The SMILES string of the molecule is COc1cnc(-c2ccccc2C)nc1N. The van der Waals surface area contributed by atoms with E-state index >= 15 is 0 Å². The topological polar surface area (TPSA) is 61.0 Å². The van der Waals surface area contributed by atoms with Crippen LogP contribution in [0.2, 0.25) is 0 Å². The van der Waals surface area contributed by atoms with E-state index in [2.05, 4.69) is 9.97 Å². The quantitative estimate of drug-likeness (QED) is 0.832. The van der Waals surface area contributed by atoms with Gasteiger partial charge in [0.25, 0.3) is 0 Å². The van der Waals surface area contributed by atoms with Crippen LogP contribution in [0.1, 0.15) is 5.56 Å². The Balaban J connectivity index is 2.50. The lowest BCUT2D eigenvalue weighted by Crippen LogP contribution is -1.99. The zero-order valence-corrected chi connectivity index (χ0v) is 9.27. The molecular weight excluding hydrogens is 202 g/mol. The van der Waals surface area contributed by atoms with Gasteiger partial charge in [-0.25, -0.2) is 9.97 Å². The molecule has 16 heavy (non-hydrogen) atoms. The van der Waals surface area contributed by atoms with Crippen molar-refractivity contribution in [1.29, 1.82) is 0 Å². The first-order valence-electron chi connectivity index (χ1n) is 4.95. The standard InChI is InChI=1S/C12H13N3O/c1-8-5-3-4-6-9(8)12-14-7-10(16-2)11(13)15-12/h3-7H,1-2H3,(H2,13,14,15). The molecule has 0 aliphatic carbocycles. The molecule has 82 valence electrons. The number of nitrogens with two attached hydrogens (primary N) is 1. The lowest BCUT2D eigenvalue weighted by molar-refractivity contribution is 0.413. The summed E-state index contributed by atoms with van der Waals surface area (Å²) in [5.74, 6) is 1.48. The van der Waals surface area contributed by atoms with Gasteiger partial charge >= 0.3 is 0 Å². The Labute approximate surface area is 94.1 Å². The van der Waals surface area contributed by atoms with E-state index < -0.39 is 0 Å². The summed E-state index contributed by atoms with van der Waals surface area (Å²) in [5.41, 5.74) is 7.84. The van der Waals surface area contributed by atoms with Crippen LogP contribution in [0, 0.1) is 6.92 Å². The average molecular weight is 215 g/mol. The van der Waals surface area contributed by atoms with E-state index in [-0.39, 0.29) is 0 Å². The fourth-order valence-corrected chi connectivity index (χ4v) is 1.49. The molecule has 1 aromatic heterocycles. The van der Waals surface area contributed by atoms with Crippen LogP contribution in [0.5, 0.6) is 5.75 Å². The molecule has 2 rings (SSSR count). The van der Waals surface area contributed by atoms with Gasteiger partial charge in [-0.3, -0.25) is 0 Å². The molecule has 1 heterocycles. The van der Waals surface area contributed by atoms with Crippen LogP contribution in [0.3, 0.4) is 0 Å². The molecule has 4 heteroatoms. The average Bonchev–Trinajstić information content (AvgIpc) is 2.29. The van der Waals surface area contributed by atoms with Gasteiger partial charge in [-0.1, -0.05) is 24.3 Å². The number of benzene rings is 1. The molecule has 0 amide bonds. The zero-order chi connectivity index (χ0) is 11.5. The van der Waals surface area contributed by atoms with Crippen LogP contribution in [0.4, 0.5) is 5.82 Å². The van der Waals surface area contributed by atoms with Crippen molar-refractivity contribution in [2.24, 2.45) is 0 Å². The number of nitrogen functional groups attached to an aromatic ring is 1. The maximum atomic E-state index is 5.74. The third-order valence-corrected chi connectivity index (χ3v) is 2.39. The highest BCUT2D eigenvalue weighted by atomic mass is 16.5. The lowest BCUT2D eigenvalue weighted by Gasteiger charge is -2.07. The third kappa shape index (κ3) is 1.82. The maximum Gasteiger partial charge on any atom is 0.179 e. The summed E-state index contributed by atoms with van der Waals surface area (Å²) in [4.78, 5) is 8.44. The van der Waals surface area contributed by atoms with Crippen molar-refractivity contribution in [1.82, 2.24) is 9.97 Å². The van der Waals surface area contributed by atoms with Crippen LogP contribution in [-0.2, 0) is 0 Å². The summed E-state index contributed by atoms with van der Waals surface area (Å²) in [6.07, 6.45) is 1.59. The molecule has 0 unspecified atom stereocenters. The van der Waals surface area contributed by atoms with Crippen LogP contribution in [0.25, 0.3) is 11.4 Å². The van der Waals surface area contributed by atoms with Gasteiger partial charge in [0.2, 0.25) is 0 Å². The number of methoxy groups -OCH3 is 1. The van der Waals surface area contributed by atoms with E-state index in [0.717, 1.165) is 11.1 Å². The number of nitrogens with zero attached hydrogens (tertiary/aromatic N) is 2. The van der Waals surface area contributed by atoms with Crippen LogP contribution in [0.15, 0.2) is 30.5 Å². The number of aromatic nitrogens is 2. The van der Waals surface area contributed by atoms with E-state index in [9.17, 15) is 0 Å². The second-order valence-electron chi connectivity index (χ2n) is 3.46. The first-order chi connectivity index (χ1) is 7.72. The number of aryl methyl sites for hydroxylation is 1. The first kappa shape index (κ1) is 10.4. The number of hydrogen-bond acceptors (Lipinski definition) is 4. The highest BCUT2D eigenvalue weighted by molar-refractivity contribution is 5.62. The van der Waals surface area contributed by atoms with E-state index in [0.29, 0.717) is 17.4 Å². The monoisotopic (exact) mass is 215 g/mol. The van der Waals surface area contributed by atoms with Gasteiger partial charge in [0, 0.05) is 5.56 Å². The summed E-state index contributed by atoms with van der Waals surface area (Å²) >= 11 is 0. The predicted molar refractivity (Wildman–Crippen MR) is 63.2 cm³/mol. The van der Waals surface area contributed by atoms with Crippen molar-refractivity contribution in [3.05, 3.63) is 36.0 Å². The molecule has 0 spiro atoms. The minimum absolute atomic E-state index is 0.357. The molecule has 0 radical (unpaired) electrons. The van der Waals surface area contributed by atoms with Crippen molar-refractivity contribution in [2.45, 2.75) is 6.92 Å². The summed E-state index contributed by atoms with van der Waals surface area (Å²) in [5, 5.41) is 0. The van der Waals surface area contributed by atoms with Gasteiger partial charge in [-0.05, 0) is 12.5 Å². The molecule has 2 N–H and O–H groups in total. The van der Waals surface area contributed by atoms with E-state index in [1.165, 1.54) is 0 Å². The summed E-state index contributed by atoms with van der Waals surface area (Å²) in [6.45, 7) is 2.01. The molecule has 0 atom stereocenters. The van der Waals surface area contributed by atoms with E-state index in [4.69, 9.17) is 10.5 Å². The Morgan fingerprint density at radius 3 is 2.62 bits per heavy atom. The summed E-state index contributed by atoms with van der Waals surface area (Å²) < 4.78 is 5.02. The summed E-state index contributed by atoms with van der Waals surface area (Å²) in [7, 11) is 1.54. The lowest BCUT2D eigenvalue weighted by atomic mass is 10.1. The molecular formula is C12H13N3O. The normalized spacial score (nSPS) is 10.1. The molecule has 0 saturated heterocycles. The molecule has 1 aromatic carbocycles. The maximum absolute atomic E-state index is 5.74. The van der Waals surface area contributed by atoms with Gasteiger partial charge in [-0.2, -0.15) is 0 Å². The number of rotatable bonds is 2. The largest absolute Gasteiger partial charge is 0.491 e. The zero-order valence-electron chi connectivity index (χ0n) is 9.27. The number of anilines is 1. The fourth-order valence-electron chi connectivity index (χ4n) is 1.49. The third-order valence-electron chi connectivity index (χ3n) is 2.39. The van der Waals surface area contributed by atoms with Crippen LogP contribution < -0.4 is 10.5 Å². The predicted octanol–water partition coefficient (Wildman–Crippen LogP) is 2.04. The van der Waals surface area contributed by atoms with E-state index in [1.807, 2.05) is 31.2 Å². The number of hydrogen-bond donors (Lipinski definition) is 1. The minimum atomic E-state index is 0.357. The van der Waals surface area contributed by atoms with Crippen molar-refractivity contribution in [2.75, 3.05) is 12.8 Å². The molecule has 0 aliphatic rings. The van der Waals surface area contributed by atoms with Crippen molar-refractivity contribution in [3.8, 4) is 17.1 Å². The summed E-state index contributed by atoms with van der Waals surface area (Å²) in [6, 6.07) is 7.91. The Morgan fingerprint density at radius 2 is 2.00 bits per heavy atom. The number of ether oxygens (including phenoxy) is 1. The van der Waals surface area contributed by atoms with E-state index in [1.54, 1.807) is 13.3 Å². The highest BCUT2D eigenvalue weighted by Crippen LogP contribution is 2.23. The first-order valence-corrected chi connectivity index (χ1v) is 4.95. The van der Waals surface area contributed by atoms with Crippen LogP contribution in [-0.4, -0.2) is 17.1 Å². The second-order valence-corrected chi connectivity index (χ2v) is 3.46. The highest BCUT2D eigenvalue weighted by Gasteiger charge is 2.07. The van der Waals surface area contributed by atoms with Gasteiger partial charge in [0.1, 0.15) is 0 Å². The van der Waals surface area contributed by atoms with Gasteiger partial charge in [-0.15, -0.1) is 0 Å². The van der Waals surface area contributed by atoms with Crippen LogP contribution >= 0.6 is 0 Å².